The van der Waals surface area contributed by atoms with E-state index in [1.807, 2.05) is 0 Å². The molecule has 0 N–H and O–H groups in total. The minimum absolute atomic E-state index is 0.490. The fraction of sp³-hybridized carbons (Fsp3) is 1.00. The molecule has 12 heavy (non-hydrogen) atoms. The van der Waals surface area contributed by atoms with Crippen LogP contribution in [0.4, 0.5) is 0 Å². The van der Waals surface area contributed by atoms with Crippen LogP contribution >= 0.6 is 34.8 Å². The van der Waals surface area contributed by atoms with Gasteiger partial charge in [0.05, 0.1) is 0 Å². The molecule has 0 saturated heterocycles. The quantitative estimate of drug-likeness (QED) is 0.548. The highest BCUT2D eigenvalue weighted by Crippen LogP contribution is 2.18. The van der Waals surface area contributed by atoms with Crippen LogP contribution in [-0.4, -0.2) is 33.1 Å². The van der Waals surface area contributed by atoms with Gasteiger partial charge in [-0.15, -0.1) is 34.8 Å². The van der Waals surface area contributed by atoms with Gasteiger partial charge in [-0.2, -0.15) is 0 Å². The van der Waals surface area contributed by atoms with Gasteiger partial charge in [0, 0.05) is 16.5 Å². The first kappa shape index (κ1) is 13.3. The van der Waals surface area contributed by atoms with Crippen molar-refractivity contribution in [2.24, 2.45) is 0 Å². The largest absolute Gasteiger partial charge is 0.453 e. The van der Waals surface area contributed by atoms with Gasteiger partial charge in [-0.1, -0.05) is 0 Å². The summed E-state index contributed by atoms with van der Waals surface area (Å²) in [6, 6.07) is 0. The van der Waals surface area contributed by atoms with E-state index < -0.39 is 16.6 Å². The number of halogens is 3. The molecule has 0 amide bonds. The van der Waals surface area contributed by atoms with Crippen LogP contribution in [0.2, 0.25) is 19.6 Å². The van der Waals surface area contributed by atoms with E-state index in [-0.39, 0.29) is 0 Å². The van der Waals surface area contributed by atoms with Crippen molar-refractivity contribution in [2.75, 3.05) is 16.5 Å². The molecule has 0 rings (SSSR count). The summed E-state index contributed by atoms with van der Waals surface area (Å²) in [5.41, 5.74) is 1.47. The van der Waals surface area contributed by atoms with Crippen molar-refractivity contribution < 1.29 is 4.12 Å². The molecule has 74 valence electrons. The van der Waals surface area contributed by atoms with Crippen molar-refractivity contribution in [1.29, 1.82) is 0 Å². The van der Waals surface area contributed by atoms with E-state index in [4.69, 9.17) is 38.9 Å². The van der Waals surface area contributed by atoms with Gasteiger partial charge in [0.15, 0.2) is 8.32 Å². The normalized spacial score (nSPS) is 13.5. The molecule has 0 saturated carbocycles. The maximum absolute atomic E-state index is 5.95. The molecule has 0 aliphatic heterocycles. The van der Waals surface area contributed by atoms with Crippen LogP contribution in [0.3, 0.4) is 0 Å². The zero-order chi connectivity index (χ0) is 9.83. The van der Waals surface area contributed by atoms with Crippen molar-refractivity contribution in [3.05, 3.63) is 0 Å². The van der Waals surface area contributed by atoms with Crippen LogP contribution in [0.15, 0.2) is 0 Å². The van der Waals surface area contributed by atoms with Crippen LogP contribution in [0.1, 0.15) is 0 Å². The van der Waals surface area contributed by atoms with E-state index in [0.29, 0.717) is 16.5 Å². The third kappa shape index (κ3) is 4.49. The summed E-state index contributed by atoms with van der Waals surface area (Å²) in [4.78, 5) is 0. The minimum Gasteiger partial charge on any atom is -0.453 e. The minimum atomic E-state index is -1.99. The molecule has 0 aromatic heterocycles. The standard InChI is InChI=1S/C6H15Cl3OSi2/c1-11(2,3)10-12(4-7,5-8)6-9/h4-6H2,1-3H3. The molecule has 0 heterocycles. The average Bonchev–Trinajstić information content (AvgIpc) is 1.99. The molecule has 0 aliphatic carbocycles. The van der Waals surface area contributed by atoms with Gasteiger partial charge >= 0.3 is 0 Å². The summed E-state index contributed by atoms with van der Waals surface area (Å²) >= 11 is 17.5. The maximum Gasteiger partial charge on any atom is 0.224 e. The molecule has 0 spiro atoms. The summed E-state index contributed by atoms with van der Waals surface area (Å²) in [6.07, 6.45) is 0. The molecule has 0 aliphatic rings. The van der Waals surface area contributed by atoms with Crippen molar-refractivity contribution in [3.8, 4) is 0 Å². The second-order valence-corrected chi connectivity index (χ2v) is 14.4. The average molecular weight is 266 g/mol. The van der Waals surface area contributed by atoms with E-state index in [2.05, 4.69) is 19.6 Å². The molecular formula is C6H15Cl3OSi2. The Morgan fingerprint density at radius 2 is 1.25 bits per heavy atom. The lowest BCUT2D eigenvalue weighted by Gasteiger charge is -2.32. The summed E-state index contributed by atoms with van der Waals surface area (Å²) in [6.45, 7) is 6.38. The Kier molecular flexibility index (Phi) is 5.77. The van der Waals surface area contributed by atoms with E-state index in [9.17, 15) is 0 Å². The zero-order valence-electron chi connectivity index (χ0n) is 7.66. The van der Waals surface area contributed by atoms with Gasteiger partial charge in [0.25, 0.3) is 0 Å². The predicted octanol–water partition coefficient (Wildman–Crippen LogP) is 3.12. The van der Waals surface area contributed by atoms with Gasteiger partial charge in [-0.05, 0) is 19.6 Å². The van der Waals surface area contributed by atoms with E-state index in [1.54, 1.807) is 0 Å². The summed E-state index contributed by atoms with van der Waals surface area (Å²) < 4.78 is 5.95. The lowest BCUT2D eigenvalue weighted by Crippen LogP contribution is -2.53. The fourth-order valence-corrected chi connectivity index (χ4v) is 10.9. The SMILES string of the molecule is C[Si](C)(C)O[Si](CCl)(CCl)CCl. The number of rotatable bonds is 5. The maximum atomic E-state index is 5.95. The lowest BCUT2D eigenvalue weighted by atomic mass is 11.8. The predicted molar refractivity (Wildman–Crippen MR) is 62.3 cm³/mol. The van der Waals surface area contributed by atoms with Gasteiger partial charge < -0.3 is 4.12 Å². The highest BCUT2D eigenvalue weighted by atomic mass is 35.5. The van der Waals surface area contributed by atoms with Gasteiger partial charge in [-0.3, -0.25) is 0 Å². The molecule has 0 fully saturated rings. The lowest BCUT2D eigenvalue weighted by molar-refractivity contribution is 0.554. The van der Waals surface area contributed by atoms with Gasteiger partial charge in [0.1, 0.15) is 0 Å². The Labute approximate surface area is 91.6 Å². The Balaban J connectivity index is 4.30. The fourth-order valence-electron chi connectivity index (χ4n) is 0.838. The summed E-state index contributed by atoms with van der Waals surface area (Å²) in [5.74, 6) is 0. The van der Waals surface area contributed by atoms with Crippen molar-refractivity contribution in [1.82, 2.24) is 0 Å². The Morgan fingerprint density at radius 1 is 0.917 bits per heavy atom. The number of alkyl halides is 3. The summed E-state index contributed by atoms with van der Waals surface area (Å²) in [7, 11) is -3.54. The smallest absolute Gasteiger partial charge is 0.224 e. The van der Waals surface area contributed by atoms with Crippen LogP contribution in [-0.2, 0) is 4.12 Å². The van der Waals surface area contributed by atoms with E-state index >= 15 is 0 Å². The number of hydrogen-bond acceptors (Lipinski definition) is 1. The highest BCUT2D eigenvalue weighted by Gasteiger charge is 2.37. The Morgan fingerprint density at radius 3 is 1.33 bits per heavy atom. The molecule has 0 aromatic carbocycles. The van der Waals surface area contributed by atoms with Crippen molar-refractivity contribution in [2.45, 2.75) is 19.6 Å². The van der Waals surface area contributed by atoms with Gasteiger partial charge in [0.2, 0.25) is 8.32 Å². The first-order valence-corrected chi connectivity index (χ1v) is 11.3. The second-order valence-electron chi connectivity index (χ2n) is 3.80. The third-order valence-corrected chi connectivity index (χ3v) is 11.3. The molecule has 0 unspecified atom stereocenters. The first-order chi connectivity index (χ1) is 5.39. The molecule has 0 aromatic rings. The molecule has 0 radical (unpaired) electrons. The Bertz CT molecular complexity index is 125. The molecule has 0 bridgehead atoms. The van der Waals surface area contributed by atoms with Crippen molar-refractivity contribution >= 4 is 51.4 Å². The van der Waals surface area contributed by atoms with Crippen LogP contribution in [0.25, 0.3) is 0 Å². The molecular weight excluding hydrogens is 251 g/mol. The zero-order valence-corrected chi connectivity index (χ0v) is 11.9. The van der Waals surface area contributed by atoms with Crippen LogP contribution in [0.5, 0.6) is 0 Å². The Hall–Kier alpha value is 1.26. The summed E-state index contributed by atoms with van der Waals surface area (Å²) in [5, 5.41) is 0. The van der Waals surface area contributed by atoms with Crippen LogP contribution in [0, 0.1) is 0 Å². The third-order valence-electron chi connectivity index (χ3n) is 1.25. The topological polar surface area (TPSA) is 9.23 Å². The van der Waals surface area contributed by atoms with Gasteiger partial charge in [-0.25, -0.2) is 0 Å². The van der Waals surface area contributed by atoms with Crippen LogP contribution < -0.4 is 0 Å². The van der Waals surface area contributed by atoms with Crippen molar-refractivity contribution in [3.63, 3.8) is 0 Å². The highest BCUT2D eigenvalue weighted by molar-refractivity contribution is 6.94. The van der Waals surface area contributed by atoms with E-state index in [1.165, 1.54) is 0 Å². The number of hydrogen-bond donors (Lipinski definition) is 0. The molecule has 0 atom stereocenters. The first-order valence-electron chi connectivity index (χ1n) is 3.77. The monoisotopic (exact) mass is 264 g/mol. The molecule has 6 heteroatoms. The molecule has 1 nitrogen and oxygen atoms in total. The van der Waals surface area contributed by atoms with E-state index in [0.717, 1.165) is 0 Å². The second kappa shape index (κ2) is 5.22.